The van der Waals surface area contributed by atoms with Crippen molar-refractivity contribution < 1.29 is 13.9 Å². The standard InChI is InChI=1S/C14H19FN2O2/c1-9-4-5-10(7-12(9)15)13(14(16)18)17-8-11-3-2-6-19-11/h4-5,7,11,13,17H,2-3,6,8H2,1H3,(H2,16,18). The molecule has 4 nitrogen and oxygen atoms in total. The number of amides is 1. The second-order valence-corrected chi connectivity index (χ2v) is 4.89. The molecular formula is C14H19FN2O2. The summed E-state index contributed by atoms with van der Waals surface area (Å²) in [6.45, 7) is 2.98. The van der Waals surface area contributed by atoms with Crippen LogP contribution in [-0.2, 0) is 9.53 Å². The average Bonchev–Trinajstić information content (AvgIpc) is 2.86. The number of hydrogen-bond acceptors (Lipinski definition) is 3. The number of ether oxygens (including phenoxy) is 1. The quantitative estimate of drug-likeness (QED) is 0.847. The monoisotopic (exact) mass is 266 g/mol. The third-order valence-corrected chi connectivity index (χ3v) is 3.39. The molecule has 0 radical (unpaired) electrons. The highest BCUT2D eigenvalue weighted by Gasteiger charge is 2.22. The smallest absolute Gasteiger partial charge is 0.239 e. The first-order valence-electron chi connectivity index (χ1n) is 6.48. The van der Waals surface area contributed by atoms with Crippen LogP contribution in [0, 0.1) is 12.7 Å². The maximum absolute atomic E-state index is 13.5. The molecule has 0 spiro atoms. The van der Waals surface area contributed by atoms with Gasteiger partial charge in [0.1, 0.15) is 11.9 Å². The highest BCUT2D eigenvalue weighted by molar-refractivity contribution is 5.81. The predicted octanol–water partition coefficient (Wildman–Crippen LogP) is 1.43. The molecule has 104 valence electrons. The molecule has 2 rings (SSSR count). The highest BCUT2D eigenvalue weighted by Crippen LogP contribution is 2.18. The van der Waals surface area contributed by atoms with Crippen LogP contribution in [0.1, 0.15) is 30.0 Å². The van der Waals surface area contributed by atoms with E-state index in [1.54, 1.807) is 19.1 Å². The van der Waals surface area contributed by atoms with Crippen molar-refractivity contribution in [3.63, 3.8) is 0 Å². The van der Waals surface area contributed by atoms with Crippen LogP contribution in [0.2, 0.25) is 0 Å². The van der Waals surface area contributed by atoms with Crippen molar-refractivity contribution in [3.8, 4) is 0 Å². The number of rotatable bonds is 5. The van der Waals surface area contributed by atoms with Gasteiger partial charge in [0.2, 0.25) is 5.91 Å². The number of carbonyl (C=O) groups excluding carboxylic acids is 1. The number of carbonyl (C=O) groups is 1. The number of hydrogen-bond donors (Lipinski definition) is 2. The van der Waals surface area contributed by atoms with Crippen LogP contribution in [0.5, 0.6) is 0 Å². The average molecular weight is 266 g/mol. The van der Waals surface area contributed by atoms with E-state index in [0.29, 0.717) is 17.7 Å². The lowest BCUT2D eigenvalue weighted by Crippen LogP contribution is -2.37. The Balaban J connectivity index is 2.05. The zero-order valence-corrected chi connectivity index (χ0v) is 11.0. The number of nitrogens with two attached hydrogens (primary N) is 1. The Hall–Kier alpha value is -1.46. The largest absolute Gasteiger partial charge is 0.377 e. The lowest BCUT2D eigenvalue weighted by atomic mass is 10.0. The maximum atomic E-state index is 13.5. The van der Waals surface area contributed by atoms with Crippen LogP contribution in [-0.4, -0.2) is 25.2 Å². The second-order valence-electron chi connectivity index (χ2n) is 4.89. The van der Waals surface area contributed by atoms with Crippen LogP contribution in [0.3, 0.4) is 0 Å². The van der Waals surface area contributed by atoms with E-state index in [4.69, 9.17) is 10.5 Å². The first-order valence-corrected chi connectivity index (χ1v) is 6.48. The van der Waals surface area contributed by atoms with Gasteiger partial charge < -0.3 is 10.5 Å². The Kier molecular flexibility index (Phi) is 4.50. The summed E-state index contributed by atoms with van der Waals surface area (Å²) in [4.78, 5) is 11.5. The molecule has 19 heavy (non-hydrogen) atoms. The molecule has 1 heterocycles. The highest BCUT2D eigenvalue weighted by atomic mass is 19.1. The first-order chi connectivity index (χ1) is 9.08. The molecule has 0 aliphatic carbocycles. The Morgan fingerprint density at radius 1 is 1.63 bits per heavy atom. The number of benzene rings is 1. The Morgan fingerprint density at radius 3 is 3.00 bits per heavy atom. The van der Waals surface area contributed by atoms with Crippen molar-refractivity contribution in [2.24, 2.45) is 5.73 Å². The molecular weight excluding hydrogens is 247 g/mol. The van der Waals surface area contributed by atoms with Crippen molar-refractivity contribution in [3.05, 3.63) is 35.1 Å². The van der Waals surface area contributed by atoms with E-state index in [1.165, 1.54) is 6.07 Å². The third-order valence-electron chi connectivity index (χ3n) is 3.39. The first kappa shape index (κ1) is 14.0. The van der Waals surface area contributed by atoms with Crippen molar-refractivity contribution in [1.29, 1.82) is 0 Å². The van der Waals surface area contributed by atoms with Gasteiger partial charge in [-0.25, -0.2) is 4.39 Å². The van der Waals surface area contributed by atoms with Gasteiger partial charge in [-0.3, -0.25) is 10.1 Å². The SMILES string of the molecule is Cc1ccc(C(NCC2CCCO2)C(N)=O)cc1F. The van der Waals surface area contributed by atoms with Gasteiger partial charge in [0.05, 0.1) is 6.10 Å². The van der Waals surface area contributed by atoms with Crippen LogP contribution in [0.15, 0.2) is 18.2 Å². The van der Waals surface area contributed by atoms with Crippen LogP contribution in [0.4, 0.5) is 4.39 Å². The molecule has 3 N–H and O–H groups in total. The third kappa shape index (κ3) is 3.52. The van der Waals surface area contributed by atoms with Crippen LogP contribution >= 0.6 is 0 Å². The van der Waals surface area contributed by atoms with E-state index in [9.17, 15) is 9.18 Å². The van der Waals surface area contributed by atoms with Gasteiger partial charge in [-0.1, -0.05) is 12.1 Å². The summed E-state index contributed by atoms with van der Waals surface area (Å²) in [6.07, 6.45) is 2.12. The fourth-order valence-electron chi connectivity index (χ4n) is 2.23. The number of aryl methyl sites for hydroxylation is 1. The summed E-state index contributed by atoms with van der Waals surface area (Å²) in [7, 11) is 0. The molecule has 1 aromatic carbocycles. The van der Waals surface area contributed by atoms with E-state index in [2.05, 4.69) is 5.32 Å². The molecule has 1 fully saturated rings. The number of primary amides is 1. The predicted molar refractivity (Wildman–Crippen MR) is 70.0 cm³/mol. The minimum absolute atomic E-state index is 0.108. The van der Waals surface area contributed by atoms with Gasteiger partial charge >= 0.3 is 0 Å². The molecule has 5 heteroatoms. The maximum Gasteiger partial charge on any atom is 0.239 e. The van der Waals surface area contributed by atoms with E-state index >= 15 is 0 Å². The molecule has 1 aromatic rings. The lowest BCUT2D eigenvalue weighted by molar-refractivity contribution is -0.120. The van der Waals surface area contributed by atoms with Gasteiger partial charge in [0.15, 0.2) is 0 Å². The fourth-order valence-corrected chi connectivity index (χ4v) is 2.23. The molecule has 1 aliphatic rings. The summed E-state index contributed by atoms with van der Waals surface area (Å²) >= 11 is 0. The number of halogens is 1. The summed E-state index contributed by atoms with van der Waals surface area (Å²) < 4.78 is 19.0. The summed E-state index contributed by atoms with van der Waals surface area (Å²) in [5, 5.41) is 3.06. The van der Waals surface area contributed by atoms with E-state index in [1.807, 2.05) is 0 Å². The summed E-state index contributed by atoms with van der Waals surface area (Å²) in [5.74, 6) is -0.844. The zero-order valence-electron chi connectivity index (χ0n) is 11.0. The normalized spacial score (nSPS) is 20.4. The molecule has 0 saturated carbocycles. The summed E-state index contributed by atoms with van der Waals surface area (Å²) in [6, 6.07) is 4.04. The fraction of sp³-hybridized carbons (Fsp3) is 0.500. The van der Waals surface area contributed by atoms with Gasteiger partial charge in [0.25, 0.3) is 0 Å². The van der Waals surface area contributed by atoms with Gasteiger partial charge in [-0.15, -0.1) is 0 Å². The van der Waals surface area contributed by atoms with Gasteiger partial charge in [-0.05, 0) is 37.0 Å². The Bertz CT molecular complexity index is 459. The van der Waals surface area contributed by atoms with Crippen molar-refractivity contribution in [2.75, 3.05) is 13.2 Å². The zero-order chi connectivity index (χ0) is 13.8. The van der Waals surface area contributed by atoms with E-state index in [0.717, 1.165) is 19.4 Å². The van der Waals surface area contributed by atoms with Gasteiger partial charge in [0, 0.05) is 13.2 Å². The topological polar surface area (TPSA) is 64.3 Å². The van der Waals surface area contributed by atoms with E-state index < -0.39 is 11.9 Å². The van der Waals surface area contributed by atoms with Crippen molar-refractivity contribution in [1.82, 2.24) is 5.32 Å². The molecule has 1 aliphatic heterocycles. The minimum Gasteiger partial charge on any atom is -0.377 e. The van der Waals surface area contributed by atoms with Crippen LogP contribution in [0.25, 0.3) is 0 Å². The molecule has 0 aromatic heterocycles. The van der Waals surface area contributed by atoms with E-state index in [-0.39, 0.29) is 11.9 Å². The Labute approximate surface area is 112 Å². The van der Waals surface area contributed by atoms with Gasteiger partial charge in [-0.2, -0.15) is 0 Å². The van der Waals surface area contributed by atoms with Crippen molar-refractivity contribution in [2.45, 2.75) is 31.9 Å². The number of nitrogens with one attached hydrogen (secondary N) is 1. The molecule has 0 bridgehead atoms. The molecule has 1 amide bonds. The molecule has 2 unspecified atom stereocenters. The molecule has 2 atom stereocenters. The summed E-state index contributed by atoms with van der Waals surface area (Å²) in [5.41, 5.74) is 6.47. The van der Waals surface area contributed by atoms with Crippen LogP contribution < -0.4 is 11.1 Å². The molecule has 1 saturated heterocycles. The van der Waals surface area contributed by atoms with Crippen molar-refractivity contribution >= 4 is 5.91 Å². The Morgan fingerprint density at radius 2 is 2.42 bits per heavy atom. The second kappa shape index (κ2) is 6.12. The lowest BCUT2D eigenvalue weighted by Gasteiger charge is -2.18. The minimum atomic E-state index is -0.681.